The van der Waals surface area contributed by atoms with Gasteiger partial charge in [-0.25, -0.2) is 9.97 Å². The minimum Gasteiger partial charge on any atom is -0.351 e. The minimum absolute atomic E-state index is 0.0412. The van der Waals surface area contributed by atoms with Crippen molar-refractivity contribution in [2.24, 2.45) is 0 Å². The molecule has 0 radical (unpaired) electrons. The molecule has 0 bridgehead atoms. The highest BCUT2D eigenvalue weighted by molar-refractivity contribution is 6.28. The Morgan fingerprint density at radius 2 is 2.11 bits per heavy atom. The Morgan fingerprint density at radius 3 is 2.67 bits per heavy atom. The van der Waals surface area contributed by atoms with Crippen LogP contribution in [0, 0.1) is 6.92 Å². The fourth-order valence-corrected chi connectivity index (χ4v) is 1.45. The number of nitrogens with one attached hydrogen (secondary N) is 1. The lowest BCUT2D eigenvalue weighted by Crippen LogP contribution is -2.26. The van der Waals surface area contributed by atoms with Gasteiger partial charge in [0.2, 0.25) is 5.28 Å². The Bertz CT molecular complexity index is 417. The van der Waals surface area contributed by atoms with Gasteiger partial charge in [0.25, 0.3) is 5.91 Å². The third-order valence-corrected chi connectivity index (χ3v) is 2.15. The molecule has 1 heterocycles. The Labute approximate surface area is 107 Å². The van der Waals surface area contributed by atoms with Gasteiger partial charge in [-0.15, -0.1) is 0 Å². The van der Waals surface area contributed by atoms with Crippen LogP contribution in [0.2, 0.25) is 5.28 Å². The quantitative estimate of drug-likeness (QED) is 0.681. The van der Waals surface area contributed by atoms with Crippen LogP contribution < -0.4 is 5.32 Å². The molecule has 1 N–H and O–H groups in total. The zero-order valence-electron chi connectivity index (χ0n) is 9.51. The largest absolute Gasteiger partial charge is 0.389 e. The van der Waals surface area contributed by atoms with E-state index in [1.807, 2.05) is 0 Å². The van der Waals surface area contributed by atoms with Crippen LogP contribution in [0.3, 0.4) is 0 Å². The predicted molar refractivity (Wildman–Crippen MR) is 59.4 cm³/mol. The molecular weight excluding hydrogens is 271 g/mol. The second-order valence-corrected chi connectivity index (χ2v) is 3.98. The van der Waals surface area contributed by atoms with Crippen LogP contribution in [0.25, 0.3) is 0 Å². The van der Waals surface area contributed by atoms with Crippen molar-refractivity contribution in [3.05, 3.63) is 22.7 Å². The number of aryl methyl sites for hydroxylation is 1. The summed E-state index contributed by atoms with van der Waals surface area (Å²) in [5.41, 5.74) is 0.551. The first-order chi connectivity index (χ1) is 8.28. The summed E-state index contributed by atoms with van der Waals surface area (Å²) >= 11 is 5.56. The lowest BCUT2D eigenvalue weighted by atomic mass is 10.3. The van der Waals surface area contributed by atoms with Crippen molar-refractivity contribution < 1.29 is 18.0 Å². The highest BCUT2D eigenvalue weighted by atomic mass is 35.5. The van der Waals surface area contributed by atoms with Gasteiger partial charge in [0.05, 0.1) is 0 Å². The summed E-state index contributed by atoms with van der Waals surface area (Å²) in [5, 5.41) is 2.26. The third-order valence-electron chi connectivity index (χ3n) is 1.98. The van der Waals surface area contributed by atoms with Gasteiger partial charge in [-0.05, 0) is 31.0 Å². The number of halogens is 4. The number of rotatable bonds is 4. The highest BCUT2D eigenvalue weighted by Crippen LogP contribution is 2.20. The Kier molecular flexibility index (Phi) is 4.89. The summed E-state index contributed by atoms with van der Waals surface area (Å²) in [6, 6.07) is 1.41. The molecule has 1 aromatic rings. The van der Waals surface area contributed by atoms with E-state index in [9.17, 15) is 18.0 Å². The van der Waals surface area contributed by atoms with Gasteiger partial charge in [0.1, 0.15) is 5.69 Å². The van der Waals surface area contributed by atoms with E-state index in [-0.39, 0.29) is 23.9 Å². The molecule has 0 saturated carbocycles. The molecule has 0 aromatic carbocycles. The summed E-state index contributed by atoms with van der Waals surface area (Å²) in [4.78, 5) is 19.0. The lowest BCUT2D eigenvalue weighted by Gasteiger charge is -2.07. The standard InChI is InChI=1S/C10H11ClF3N3O/c1-6-5-7(17-9(11)16-6)8(18)15-4-2-3-10(12,13)14/h5H,2-4H2,1H3,(H,15,18). The van der Waals surface area contributed by atoms with Crippen molar-refractivity contribution in [1.29, 1.82) is 0 Å². The molecular formula is C10H11ClF3N3O. The molecule has 0 aliphatic rings. The van der Waals surface area contributed by atoms with Gasteiger partial charge in [0.15, 0.2) is 0 Å². The summed E-state index contributed by atoms with van der Waals surface area (Å²) in [7, 11) is 0. The number of amides is 1. The first-order valence-electron chi connectivity index (χ1n) is 5.14. The maximum absolute atomic E-state index is 11.9. The fourth-order valence-electron chi connectivity index (χ4n) is 1.23. The predicted octanol–water partition coefficient (Wildman–Crippen LogP) is 2.51. The first kappa shape index (κ1) is 14.7. The van der Waals surface area contributed by atoms with Crippen LogP contribution in [0.5, 0.6) is 0 Å². The summed E-state index contributed by atoms with van der Waals surface area (Å²) in [5.74, 6) is -0.565. The van der Waals surface area contributed by atoms with Crippen molar-refractivity contribution in [2.45, 2.75) is 25.9 Å². The minimum atomic E-state index is -4.21. The molecule has 1 rings (SSSR count). The van der Waals surface area contributed by atoms with Crippen LogP contribution in [-0.4, -0.2) is 28.6 Å². The SMILES string of the molecule is Cc1cc(C(=O)NCCCC(F)(F)F)nc(Cl)n1. The van der Waals surface area contributed by atoms with Crippen molar-refractivity contribution in [2.75, 3.05) is 6.54 Å². The molecule has 0 unspecified atom stereocenters. The topological polar surface area (TPSA) is 54.9 Å². The van der Waals surface area contributed by atoms with E-state index in [0.29, 0.717) is 5.69 Å². The average Bonchev–Trinajstić information content (AvgIpc) is 2.21. The molecule has 100 valence electrons. The number of hydrogen-bond acceptors (Lipinski definition) is 3. The Hall–Kier alpha value is -1.37. The number of carbonyl (C=O) groups excluding carboxylic acids is 1. The van der Waals surface area contributed by atoms with E-state index in [1.165, 1.54) is 6.07 Å². The summed E-state index contributed by atoms with van der Waals surface area (Å²) in [6.07, 6.45) is -5.32. The third kappa shape index (κ3) is 5.31. The maximum atomic E-state index is 11.9. The zero-order chi connectivity index (χ0) is 13.8. The molecule has 1 aromatic heterocycles. The second-order valence-electron chi connectivity index (χ2n) is 3.64. The summed E-state index contributed by atoms with van der Waals surface area (Å²) < 4.78 is 35.6. The first-order valence-corrected chi connectivity index (χ1v) is 5.52. The smallest absolute Gasteiger partial charge is 0.351 e. The van der Waals surface area contributed by atoms with Gasteiger partial charge in [-0.3, -0.25) is 4.79 Å². The van der Waals surface area contributed by atoms with Gasteiger partial charge < -0.3 is 5.32 Å². The van der Waals surface area contributed by atoms with E-state index in [0.717, 1.165) is 0 Å². The summed E-state index contributed by atoms with van der Waals surface area (Å²) in [6.45, 7) is 1.56. The Balaban J connectivity index is 2.46. The number of carbonyl (C=O) groups is 1. The van der Waals surface area contributed by atoms with Crippen LogP contribution >= 0.6 is 11.6 Å². The normalized spacial score (nSPS) is 11.4. The second kappa shape index (κ2) is 5.99. The van der Waals surface area contributed by atoms with Gasteiger partial charge in [-0.1, -0.05) is 0 Å². The molecule has 0 spiro atoms. The van der Waals surface area contributed by atoms with Crippen molar-refractivity contribution in [3.8, 4) is 0 Å². The van der Waals surface area contributed by atoms with E-state index < -0.39 is 18.5 Å². The maximum Gasteiger partial charge on any atom is 0.389 e. The van der Waals surface area contributed by atoms with E-state index in [4.69, 9.17) is 11.6 Å². The molecule has 0 saturated heterocycles. The Morgan fingerprint density at radius 1 is 1.44 bits per heavy atom. The zero-order valence-corrected chi connectivity index (χ0v) is 10.3. The van der Waals surface area contributed by atoms with E-state index >= 15 is 0 Å². The fraction of sp³-hybridized carbons (Fsp3) is 0.500. The van der Waals surface area contributed by atoms with Crippen LogP contribution in [0.15, 0.2) is 6.07 Å². The lowest BCUT2D eigenvalue weighted by molar-refractivity contribution is -0.135. The van der Waals surface area contributed by atoms with E-state index in [1.54, 1.807) is 6.92 Å². The van der Waals surface area contributed by atoms with Gasteiger partial charge >= 0.3 is 6.18 Å². The molecule has 0 aliphatic carbocycles. The number of nitrogens with zero attached hydrogens (tertiary/aromatic N) is 2. The van der Waals surface area contributed by atoms with Crippen molar-refractivity contribution in [3.63, 3.8) is 0 Å². The highest BCUT2D eigenvalue weighted by Gasteiger charge is 2.26. The van der Waals surface area contributed by atoms with E-state index in [2.05, 4.69) is 15.3 Å². The van der Waals surface area contributed by atoms with Gasteiger partial charge in [0, 0.05) is 18.7 Å². The van der Waals surface area contributed by atoms with Crippen molar-refractivity contribution in [1.82, 2.24) is 15.3 Å². The van der Waals surface area contributed by atoms with Crippen LogP contribution in [0.4, 0.5) is 13.2 Å². The molecule has 0 atom stereocenters. The molecule has 1 amide bonds. The number of hydrogen-bond donors (Lipinski definition) is 1. The molecule has 8 heteroatoms. The number of alkyl halides is 3. The molecule has 4 nitrogen and oxygen atoms in total. The van der Waals surface area contributed by atoms with Crippen LogP contribution in [0.1, 0.15) is 29.0 Å². The van der Waals surface area contributed by atoms with Crippen LogP contribution in [-0.2, 0) is 0 Å². The number of aromatic nitrogens is 2. The average molecular weight is 282 g/mol. The molecule has 18 heavy (non-hydrogen) atoms. The molecule has 0 fully saturated rings. The van der Waals surface area contributed by atoms with Gasteiger partial charge in [-0.2, -0.15) is 13.2 Å². The molecule has 0 aliphatic heterocycles. The monoisotopic (exact) mass is 281 g/mol. The van der Waals surface area contributed by atoms with Crippen molar-refractivity contribution >= 4 is 17.5 Å².